The Hall–Kier alpha value is -2.69. The molecule has 0 unspecified atom stereocenters. The first-order chi connectivity index (χ1) is 9.84. The number of hydrogen-bond acceptors (Lipinski definition) is 2. The van der Waals surface area contributed by atoms with E-state index in [0.29, 0.717) is 0 Å². The van der Waals surface area contributed by atoms with Crippen molar-refractivity contribution in [2.45, 2.75) is 6.54 Å². The molecule has 3 aromatic heterocycles. The number of fused-ring (bicyclic) bond motifs is 7. The van der Waals surface area contributed by atoms with E-state index < -0.39 is 0 Å². The molecule has 0 saturated heterocycles. The fourth-order valence-corrected chi connectivity index (χ4v) is 3.26. The molecule has 1 aliphatic rings. The molecule has 0 radical (unpaired) electrons. The molecule has 0 aliphatic carbocycles. The van der Waals surface area contributed by atoms with Gasteiger partial charge >= 0.3 is 0 Å². The lowest BCUT2D eigenvalue weighted by Gasteiger charge is -1.96. The van der Waals surface area contributed by atoms with E-state index in [-0.39, 0.29) is 0 Å². The van der Waals surface area contributed by atoms with Crippen LogP contribution >= 0.6 is 0 Å². The molecule has 96 valence electrons. The van der Waals surface area contributed by atoms with Gasteiger partial charge < -0.3 is 0 Å². The van der Waals surface area contributed by atoms with Crippen LogP contribution in [0.2, 0.25) is 0 Å². The lowest BCUT2D eigenvalue weighted by Crippen LogP contribution is -2.30. The normalized spacial score (nSPS) is 13.1. The van der Waals surface area contributed by atoms with Crippen molar-refractivity contribution in [3.63, 3.8) is 0 Å². The van der Waals surface area contributed by atoms with Crippen molar-refractivity contribution < 1.29 is 4.57 Å². The Morgan fingerprint density at radius 3 is 3.05 bits per heavy atom. The Kier molecular flexibility index (Phi) is 1.65. The number of hydrogen-bond donors (Lipinski definition) is 0. The highest BCUT2D eigenvalue weighted by molar-refractivity contribution is 5.76. The van der Waals surface area contributed by atoms with Crippen molar-refractivity contribution >= 4 is 17.1 Å². The smallest absolute Gasteiger partial charge is 0.233 e. The zero-order valence-electron chi connectivity index (χ0n) is 11.0. The maximum atomic E-state index is 4.68. The van der Waals surface area contributed by atoms with Crippen LogP contribution in [-0.4, -0.2) is 18.9 Å². The Bertz CT molecular complexity index is 992. The van der Waals surface area contributed by atoms with Gasteiger partial charge in [-0.1, -0.05) is 18.2 Å². The van der Waals surface area contributed by atoms with Gasteiger partial charge in [0.25, 0.3) is 17.1 Å². The SMILES string of the molecule is C[n+]1c2n(c3nc4ncccn4c31)Cc1ccccc1-2. The Morgan fingerprint density at radius 2 is 2.10 bits per heavy atom. The molecule has 5 nitrogen and oxygen atoms in total. The molecule has 4 heterocycles. The summed E-state index contributed by atoms with van der Waals surface area (Å²) in [5.41, 5.74) is 4.74. The van der Waals surface area contributed by atoms with Crippen molar-refractivity contribution in [3.05, 3.63) is 48.3 Å². The van der Waals surface area contributed by atoms with Gasteiger partial charge in [0.15, 0.2) is 0 Å². The van der Waals surface area contributed by atoms with E-state index in [4.69, 9.17) is 0 Å². The van der Waals surface area contributed by atoms with Crippen LogP contribution in [0.3, 0.4) is 0 Å². The summed E-state index contributed by atoms with van der Waals surface area (Å²) in [5.74, 6) is 1.97. The molecule has 0 amide bonds. The van der Waals surface area contributed by atoms with Crippen LogP contribution in [0.5, 0.6) is 0 Å². The first-order valence-corrected chi connectivity index (χ1v) is 6.64. The van der Waals surface area contributed by atoms with Crippen molar-refractivity contribution in [3.8, 4) is 11.4 Å². The van der Waals surface area contributed by atoms with Crippen molar-refractivity contribution in [2.24, 2.45) is 7.05 Å². The highest BCUT2D eigenvalue weighted by Crippen LogP contribution is 2.32. The van der Waals surface area contributed by atoms with Gasteiger partial charge in [0.05, 0.1) is 25.4 Å². The summed E-state index contributed by atoms with van der Waals surface area (Å²) in [7, 11) is 2.09. The van der Waals surface area contributed by atoms with Crippen molar-refractivity contribution in [1.82, 2.24) is 18.9 Å². The topological polar surface area (TPSA) is 39.0 Å². The molecule has 0 fully saturated rings. The molecule has 0 bridgehead atoms. The molecule has 5 heteroatoms. The molecule has 0 saturated carbocycles. The highest BCUT2D eigenvalue weighted by atomic mass is 15.3. The van der Waals surface area contributed by atoms with Gasteiger partial charge in [-0.2, -0.15) is 9.38 Å². The fourth-order valence-electron chi connectivity index (χ4n) is 3.26. The van der Waals surface area contributed by atoms with E-state index >= 15 is 0 Å². The summed E-state index contributed by atoms with van der Waals surface area (Å²) in [6, 6.07) is 10.5. The third-order valence-corrected chi connectivity index (χ3v) is 4.09. The van der Waals surface area contributed by atoms with Gasteiger partial charge in [-0.05, 0) is 12.1 Å². The van der Waals surface area contributed by atoms with E-state index in [1.54, 1.807) is 6.20 Å². The van der Waals surface area contributed by atoms with Crippen molar-refractivity contribution in [2.75, 3.05) is 0 Å². The standard InChI is InChI=1S/C15H12N5/c1-18-13-11-6-3-2-5-10(11)9-20(13)12-14(18)19-8-4-7-16-15(19)17-12/h2-8H,9H2,1H3/q+1. The monoisotopic (exact) mass is 262 g/mol. The second-order valence-electron chi connectivity index (χ2n) is 5.17. The third kappa shape index (κ3) is 1.02. The molecular weight excluding hydrogens is 250 g/mol. The van der Waals surface area contributed by atoms with E-state index in [0.717, 1.165) is 23.6 Å². The molecular formula is C15H12N5+. The molecule has 20 heavy (non-hydrogen) atoms. The molecule has 5 rings (SSSR count). The fraction of sp³-hybridized carbons (Fsp3) is 0.133. The summed E-state index contributed by atoms with van der Waals surface area (Å²) in [6.45, 7) is 0.882. The average Bonchev–Trinajstić information content (AvgIpc) is 3.10. The predicted octanol–water partition coefficient (Wildman–Crippen LogP) is 1.54. The second kappa shape index (κ2) is 3.25. The van der Waals surface area contributed by atoms with E-state index in [2.05, 4.69) is 50.4 Å². The average molecular weight is 262 g/mol. The summed E-state index contributed by atoms with van der Waals surface area (Å²) in [6.07, 6.45) is 3.79. The largest absolute Gasteiger partial charge is 0.299 e. The van der Waals surface area contributed by atoms with Crippen LogP contribution in [-0.2, 0) is 13.6 Å². The number of benzene rings is 1. The van der Waals surface area contributed by atoms with E-state index in [1.165, 1.54) is 17.0 Å². The number of aryl methyl sites for hydroxylation is 1. The van der Waals surface area contributed by atoms with Gasteiger partial charge in [-0.25, -0.2) is 14.1 Å². The van der Waals surface area contributed by atoms with Crippen molar-refractivity contribution in [1.29, 1.82) is 0 Å². The number of rotatable bonds is 0. The zero-order valence-corrected chi connectivity index (χ0v) is 11.0. The summed E-state index contributed by atoms with van der Waals surface area (Å²) in [5, 5.41) is 0. The van der Waals surface area contributed by atoms with Crippen LogP contribution in [0.25, 0.3) is 28.5 Å². The van der Waals surface area contributed by atoms with Crippen LogP contribution < -0.4 is 4.57 Å². The minimum absolute atomic E-state index is 0.749. The Morgan fingerprint density at radius 1 is 1.20 bits per heavy atom. The summed E-state index contributed by atoms with van der Waals surface area (Å²) >= 11 is 0. The van der Waals surface area contributed by atoms with Gasteiger partial charge in [0.1, 0.15) is 0 Å². The zero-order chi connectivity index (χ0) is 13.3. The maximum Gasteiger partial charge on any atom is 0.299 e. The van der Waals surface area contributed by atoms with E-state index in [1.807, 2.05) is 16.7 Å². The van der Waals surface area contributed by atoms with Crippen LogP contribution in [0.1, 0.15) is 5.56 Å². The minimum atomic E-state index is 0.749. The number of imidazole rings is 2. The lowest BCUT2D eigenvalue weighted by molar-refractivity contribution is -0.636. The van der Waals surface area contributed by atoms with Gasteiger partial charge in [-0.3, -0.25) is 0 Å². The Balaban J connectivity index is 1.98. The predicted molar refractivity (Wildman–Crippen MR) is 74.2 cm³/mol. The van der Waals surface area contributed by atoms with Crippen LogP contribution in [0.4, 0.5) is 0 Å². The molecule has 1 aromatic carbocycles. The maximum absolute atomic E-state index is 4.68. The van der Waals surface area contributed by atoms with Gasteiger partial charge in [0, 0.05) is 11.8 Å². The number of nitrogens with zero attached hydrogens (tertiary/aromatic N) is 5. The molecule has 0 atom stereocenters. The quantitative estimate of drug-likeness (QED) is 0.397. The summed E-state index contributed by atoms with van der Waals surface area (Å²) in [4.78, 5) is 9.02. The molecule has 1 aliphatic heterocycles. The molecule has 0 spiro atoms. The second-order valence-corrected chi connectivity index (χ2v) is 5.17. The third-order valence-electron chi connectivity index (χ3n) is 4.09. The molecule has 0 N–H and O–H groups in total. The number of aromatic nitrogens is 5. The first kappa shape index (κ1) is 10.1. The van der Waals surface area contributed by atoms with Gasteiger partial charge in [0.2, 0.25) is 5.82 Å². The first-order valence-electron chi connectivity index (χ1n) is 6.64. The van der Waals surface area contributed by atoms with Gasteiger partial charge in [-0.15, -0.1) is 0 Å². The van der Waals surface area contributed by atoms with E-state index in [9.17, 15) is 0 Å². The highest BCUT2D eigenvalue weighted by Gasteiger charge is 2.33. The minimum Gasteiger partial charge on any atom is -0.233 e. The summed E-state index contributed by atoms with van der Waals surface area (Å²) < 4.78 is 6.53. The molecule has 4 aromatic rings. The van der Waals surface area contributed by atoms with Crippen LogP contribution in [0, 0.1) is 0 Å². The Labute approximate surface area is 114 Å². The lowest BCUT2D eigenvalue weighted by atomic mass is 10.1. The van der Waals surface area contributed by atoms with Crippen LogP contribution in [0.15, 0.2) is 42.7 Å².